The molecule has 0 bridgehead atoms. The second-order valence-electron chi connectivity index (χ2n) is 6.70. The molecule has 1 amide bonds. The van der Waals surface area contributed by atoms with Crippen LogP contribution in [-0.2, 0) is 16.4 Å². The summed E-state index contributed by atoms with van der Waals surface area (Å²) in [5, 5.41) is 12.3. The van der Waals surface area contributed by atoms with E-state index >= 15 is 0 Å². The van der Waals surface area contributed by atoms with Crippen molar-refractivity contribution in [3.05, 3.63) is 64.1 Å². The number of amides is 1. The summed E-state index contributed by atoms with van der Waals surface area (Å²) in [6.07, 6.45) is 0.774. The quantitative estimate of drug-likeness (QED) is 0.554. The van der Waals surface area contributed by atoms with Gasteiger partial charge in [-0.25, -0.2) is 8.42 Å². The Morgan fingerprint density at radius 1 is 1.14 bits per heavy atom. The Morgan fingerprint density at radius 2 is 1.90 bits per heavy atom. The standard InChI is InChI=1S/C19H19ClN4O3S2/c1-12(2)9-17-22-23-19(28-17)21-18(25)13-5-3-8-16(10-13)29(26,27)24-15-7-4-6-14(20)11-15/h3-8,10-12,24H,9H2,1-2H3,(H,21,23,25). The minimum absolute atomic E-state index is 0.0390. The Kier molecular flexibility index (Phi) is 6.51. The molecule has 0 aliphatic rings. The maximum absolute atomic E-state index is 12.6. The van der Waals surface area contributed by atoms with E-state index in [9.17, 15) is 13.2 Å². The van der Waals surface area contributed by atoms with Gasteiger partial charge in [-0.05, 0) is 42.3 Å². The number of nitrogens with zero attached hydrogens (tertiary/aromatic N) is 2. The number of hydrogen-bond acceptors (Lipinski definition) is 6. The van der Waals surface area contributed by atoms with Crippen LogP contribution in [0, 0.1) is 5.92 Å². The van der Waals surface area contributed by atoms with Crippen molar-refractivity contribution in [3.8, 4) is 0 Å². The monoisotopic (exact) mass is 450 g/mol. The van der Waals surface area contributed by atoms with E-state index < -0.39 is 15.9 Å². The van der Waals surface area contributed by atoms with E-state index in [1.54, 1.807) is 18.2 Å². The van der Waals surface area contributed by atoms with E-state index in [-0.39, 0.29) is 10.5 Å². The number of carbonyl (C=O) groups excluding carboxylic acids is 1. The Bertz CT molecular complexity index is 1130. The van der Waals surface area contributed by atoms with Crippen molar-refractivity contribution in [1.82, 2.24) is 10.2 Å². The van der Waals surface area contributed by atoms with Gasteiger partial charge in [0.25, 0.3) is 15.9 Å². The average molecular weight is 451 g/mol. The fourth-order valence-electron chi connectivity index (χ4n) is 2.48. The minimum Gasteiger partial charge on any atom is -0.296 e. The van der Waals surface area contributed by atoms with Crippen molar-refractivity contribution >= 4 is 49.7 Å². The topological polar surface area (TPSA) is 101 Å². The van der Waals surface area contributed by atoms with Gasteiger partial charge in [-0.1, -0.05) is 48.9 Å². The van der Waals surface area contributed by atoms with E-state index in [1.807, 2.05) is 0 Å². The normalized spacial score (nSPS) is 11.4. The molecule has 152 valence electrons. The van der Waals surface area contributed by atoms with Crippen LogP contribution in [0.2, 0.25) is 5.02 Å². The van der Waals surface area contributed by atoms with Crippen molar-refractivity contribution < 1.29 is 13.2 Å². The second kappa shape index (κ2) is 8.89. The van der Waals surface area contributed by atoms with Crippen LogP contribution in [0.25, 0.3) is 0 Å². The van der Waals surface area contributed by atoms with E-state index in [0.717, 1.165) is 11.4 Å². The Hall–Kier alpha value is -2.49. The van der Waals surface area contributed by atoms with Gasteiger partial charge in [0.15, 0.2) is 0 Å². The maximum atomic E-state index is 12.6. The van der Waals surface area contributed by atoms with Gasteiger partial charge in [-0.3, -0.25) is 14.8 Å². The Labute approximate surface area is 178 Å². The predicted octanol–water partition coefficient (Wildman–Crippen LogP) is 4.44. The van der Waals surface area contributed by atoms with Gasteiger partial charge in [0, 0.05) is 17.0 Å². The largest absolute Gasteiger partial charge is 0.296 e. The molecule has 0 saturated carbocycles. The van der Waals surface area contributed by atoms with Crippen LogP contribution in [0.1, 0.15) is 29.2 Å². The Balaban J connectivity index is 1.76. The molecule has 0 saturated heterocycles. The number of anilines is 2. The minimum atomic E-state index is -3.88. The lowest BCUT2D eigenvalue weighted by atomic mass is 10.1. The number of sulfonamides is 1. The third-order valence-corrected chi connectivity index (χ3v) is 6.23. The molecule has 3 aromatic rings. The maximum Gasteiger partial charge on any atom is 0.261 e. The summed E-state index contributed by atoms with van der Waals surface area (Å²) in [5.41, 5.74) is 0.526. The van der Waals surface area contributed by atoms with Crippen molar-refractivity contribution in [3.63, 3.8) is 0 Å². The number of nitrogens with one attached hydrogen (secondary N) is 2. The first-order chi connectivity index (χ1) is 13.7. The summed E-state index contributed by atoms with van der Waals surface area (Å²) in [4.78, 5) is 12.5. The van der Waals surface area contributed by atoms with Gasteiger partial charge < -0.3 is 0 Å². The first-order valence-corrected chi connectivity index (χ1v) is 11.4. The van der Waals surface area contributed by atoms with Crippen LogP contribution in [0.5, 0.6) is 0 Å². The van der Waals surface area contributed by atoms with E-state index in [1.165, 1.54) is 41.7 Å². The molecule has 3 rings (SSSR count). The zero-order chi connectivity index (χ0) is 21.0. The van der Waals surface area contributed by atoms with Gasteiger partial charge >= 0.3 is 0 Å². The second-order valence-corrected chi connectivity index (χ2v) is 9.88. The lowest BCUT2D eigenvalue weighted by Gasteiger charge is -2.09. The van der Waals surface area contributed by atoms with Crippen molar-refractivity contribution in [2.24, 2.45) is 5.92 Å². The molecule has 1 heterocycles. The molecule has 0 spiro atoms. The summed E-state index contributed by atoms with van der Waals surface area (Å²) in [6.45, 7) is 4.14. The summed E-state index contributed by atoms with van der Waals surface area (Å²) in [6, 6.07) is 12.1. The van der Waals surface area contributed by atoms with Gasteiger partial charge in [-0.15, -0.1) is 10.2 Å². The van der Waals surface area contributed by atoms with Crippen LogP contribution in [0.3, 0.4) is 0 Å². The van der Waals surface area contributed by atoms with Gasteiger partial charge in [-0.2, -0.15) is 0 Å². The molecule has 2 N–H and O–H groups in total. The lowest BCUT2D eigenvalue weighted by Crippen LogP contribution is -2.16. The van der Waals surface area contributed by atoms with Crippen molar-refractivity contribution in [1.29, 1.82) is 0 Å². The number of halogens is 1. The highest BCUT2D eigenvalue weighted by Gasteiger charge is 2.18. The van der Waals surface area contributed by atoms with Crippen molar-refractivity contribution in [2.75, 3.05) is 10.0 Å². The third kappa shape index (κ3) is 5.75. The van der Waals surface area contributed by atoms with Crippen LogP contribution in [0.15, 0.2) is 53.4 Å². The summed E-state index contributed by atoms with van der Waals surface area (Å²) >= 11 is 7.19. The molecule has 7 nitrogen and oxygen atoms in total. The van der Waals surface area contributed by atoms with Gasteiger partial charge in [0.2, 0.25) is 5.13 Å². The fraction of sp³-hybridized carbons (Fsp3) is 0.211. The SMILES string of the molecule is CC(C)Cc1nnc(NC(=O)c2cccc(S(=O)(=O)Nc3cccc(Cl)c3)c2)s1. The molecule has 0 fully saturated rings. The smallest absolute Gasteiger partial charge is 0.261 e. The van der Waals surface area contributed by atoms with Crippen LogP contribution in [-0.4, -0.2) is 24.5 Å². The zero-order valence-electron chi connectivity index (χ0n) is 15.7. The van der Waals surface area contributed by atoms with E-state index in [4.69, 9.17) is 11.6 Å². The molecule has 0 atom stereocenters. The van der Waals surface area contributed by atoms with Crippen molar-refractivity contribution in [2.45, 2.75) is 25.2 Å². The molecule has 10 heteroatoms. The van der Waals surface area contributed by atoms with Crippen LogP contribution >= 0.6 is 22.9 Å². The van der Waals surface area contributed by atoms with E-state index in [0.29, 0.717) is 21.8 Å². The molecule has 0 aliphatic heterocycles. The fourth-order valence-corrected chi connectivity index (χ4v) is 4.71. The molecular weight excluding hydrogens is 432 g/mol. The van der Waals surface area contributed by atoms with Gasteiger partial charge in [0.05, 0.1) is 10.6 Å². The van der Waals surface area contributed by atoms with Crippen LogP contribution in [0.4, 0.5) is 10.8 Å². The van der Waals surface area contributed by atoms with Crippen LogP contribution < -0.4 is 10.0 Å². The number of benzene rings is 2. The molecule has 1 aromatic heterocycles. The number of aromatic nitrogens is 2. The molecule has 2 aromatic carbocycles. The number of rotatable bonds is 7. The first-order valence-electron chi connectivity index (χ1n) is 8.75. The zero-order valence-corrected chi connectivity index (χ0v) is 18.1. The Morgan fingerprint density at radius 3 is 2.62 bits per heavy atom. The third-order valence-electron chi connectivity index (χ3n) is 3.75. The summed E-state index contributed by atoms with van der Waals surface area (Å²) in [7, 11) is -3.88. The first kappa shape index (κ1) is 21.2. The number of carbonyl (C=O) groups is 1. The average Bonchev–Trinajstić information content (AvgIpc) is 3.07. The summed E-state index contributed by atoms with van der Waals surface area (Å²) < 4.78 is 27.7. The number of hydrogen-bond donors (Lipinski definition) is 2. The van der Waals surface area contributed by atoms with E-state index in [2.05, 4.69) is 34.1 Å². The highest BCUT2D eigenvalue weighted by atomic mass is 35.5. The molecule has 29 heavy (non-hydrogen) atoms. The predicted molar refractivity (Wildman–Crippen MR) is 115 cm³/mol. The highest BCUT2D eigenvalue weighted by Crippen LogP contribution is 2.22. The van der Waals surface area contributed by atoms with Gasteiger partial charge in [0.1, 0.15) is 5.01 Å². The highest BCUT2D eigenvalue weighted by molar-refractivity contribution is 7.92. The molecule has 0 unspecified atom stereocenters. The summed E-state index contributed by atoms with van der Waals surface area (Å²) in [5.74, 6) is -0.0301. The lowest BCUT2D eigenvalue weighted by molar-refractivity contribution is 0.102. The molecular formula is C19H19ClN4O3S2. The molecule has 0 aliphatic carbocycles. The molecule has 0 radical (unpaired) electrons.